The van der Waals surface area contributed by atoms with Gasteiger partial charge in [-0.2, -0.15) is 5.10 Å². The minimum atomic E-state index is -0.0804. The van der Waals surface area contributed by atoms with Crippen LogP contribution in [-0.4, -0.2) is 40.6 Å². The fraction of sp³-hybridized carbons (Fsp3) is 0.500. The number of carbonyl (C=O) groups is 1. The number of nitrogens with one attached hydrogen (secondary N) is 1. The topological polar surface area (TPSA) is 75.0 Å². The predicted octanol–water partition coefficient (Wildman–Crippen LogP) is 2.40. The van der Waals surface area contributed by atoms with Crippen molar-refractivity contribution in [1.82, 2.24) is 15.1 Å². The third kappa shape index (κ3) is 3.61. The lowest BCUT2D eigenvalue weighted by atomic mass is 9.92. The molecule has 5 heteroatoms. The number of amides is 1. The first-order valence-corrected chi connectivity index (χ1v) is 7.39. The molecule has 0 saturated heterocycles. The van der Waals surface area contributed by atoms with Gasteiger partial charge in [-0.25, -0.2) is 0 Å². The van der Waals surface area contributed by atoms with Crippen molar-refractivity contribution in [3.63, 3.8) is 0 Å². The third-order valence-electron chi connectivity index (χ3n) is 3.64. The Morgan fingerprint density at radius 2 is 2.19 bits per heavy atom. The van der Waals surface area contributed by atoms with Crippen LogP contribution < -0.4 is 5.73 Å². The second kappa shape index (κ2) is 6.26. The predicted molar refractivity (Wildman–Crippen MR) is 85.1 cm³/mol. The summed E-state index contributed by atoms with van der Waals surface area (Å²) in [5.74, 6) is 0.0508. The average Bonchev–Trinajstić information content (AvgIpc) is 2.93. The first-order valence-electron chi connectivity index (χ1n) is 7.39. The Labute approximate surface area is 125 Å². The van der Waals surface area contributed by atoms with E-state index >= 15 is 0 Å². The molecule has 0 bridgehead atoms. The number of fused-ring (bicyclic) bond motifs is 1. The van der Waals surface area contributed by atoms with Gasteiger partial charge in [0.05, 0.1) is 11.7 Å². The van der Waals surface area contributed by atoms with E-state index in [1.54, 1.807) is 6.20 Å². The van der Waals surface area contributed by atoms with E-state index in [9.17, 15) is 4.79 Å². The Morgan fingerprint density at radius 1 is 1.43 bits per heavy atom. The summed E-state index contributed by atoms with van der Waals surface area (Å²) in [4.78, 5) is 14.6. The summed E-state index contributed by atoms with van der Waals surface area (Å²) in [6, 6.07) is 5.64. The first-order chi connectivity index (χ1) is 9.96. The van der Waals surface area contributed by atoms with Gasteiger partial charge in [0.2, 0.25) is 0 Å². The molecule has 1 heterocycles. The van der Waals surface area contributed by atoms with Crippen LogP contribution in [0.4, 0.5) is 0 Å². The lowest BCUT2D eigenvalue weighted by molar-refractivity contribution is 0.0689. The van der Waals surface area contributed by atoms with Gasteiger partial charge in [0.15, 0.2) is 0 Å². The van der Waals surface area contributed by atoms with E-state index < -0.39 is 0 Å². The number of aromatic amines is 1. The SMILES string of the molecule is CCCN(CC(C)(C)CN)C(=O)c1ccc2cn[nH]c2c1. The maximum Gasteiger partial charge on any atom is 0.253 e. The standard InChI is InChI=1S/C16H24N4O/c1-4-7-20(11-16(2,3)10-17)15(21)12-5-6-13-9-18-19-14(13)8-12/h5-6,8-9H,4,7,10-11,17H2,1-3H3,(H,18,19). The molecule has 0 radical (unpaired) electrons. The maximum atomic E-state index is 12.7. The van der Waals surface area contributed by atoms with Gasteiger partial charge < -0.3 is 10.6 Å². The molecular weight excluding hydrogens is 264 g/mol. The number of carbonyl (C=O) groups excluding carboxylic acids is 1. The zero-order valence-corrected chi connectivity index (χ0v) is 13.0. The van der Waals surface area contributed by atoms with Crippen LogP contribution in [0.15, 0.2) is 24.4 Å². The third-order valence-corrected chi connectivity index (χ3v) is 3.64. The highest BCUT2D eigenvalue weighted by atomic mass is 16.2. The van der Waals surface area contributed by atoms with E-state index in [1.165, 1.54) is 0 Å². The second-order valence-corrected chi connectivity index (χ2v) is 6.27. The van der Waals surface area contributed by atoms with Gasteiger partial charge >= 0.3 is 0 Å². The molecule has 114 valence electrons. The lowest BCUT2D eigenvalue weighted by Gasteiger charge is -2.31. The van der Waals surface area contributed by atoms with Crippen LogP contribution >= 0.6 is 0 Å². The summed E-state index contributed by atoms with van der Waals surface area (Å²) >= 11 is 0. The van der Waals surface area contributed by atoms with Crippen molar-refractivity contribution in [1.29, 1.82) is 0 Å². The van der Waals surface area contributed by atoms with Crippen molar-refractivity contribution in [3.8, 4) is 0 Å². The quantitative estimate of drug-likeness (QED) is 0.857. The molecule has 0 unspecified atom stereocenters. The maximum absolute atomic E-state index is 12.7. The lowest BCUT2D eigenvalue weighted by Crippen LogP contribution is -2.42. The number of H-pyrrole nitrogens is 1. The fourth-order valence-electron chi connectivity index (χ4n) is 2.36. The summed E-state index contributed by atoms with van der Waals surface area (Å²) in [6.07, 6.45) is 2.68. The van der Waals surface area contributed by atoms with Crippen molar-refractivity contribution in [3.05, 3.63) is 30.0 Å². The molecule has 0 saturated carbocycles. The molecule has 1 amide bonds. The van der Waals surface area contributed by atoms with Gasteiger partial charge in [0, 0.05) is 24.0 Å². The summed E-state index contributed by atoms with van der Waals surface area (Å²) in [7, 11) is 0. The number of hydrogen-bond donors (Lipinski definition) is 2. The fourth-order valence-corrected chi connectivity index (χ4v) is 2.36. The highest BCUT2D eigenvalue weighted by Gasteiger charge is 2.24. The smallest absolute Gasteiger partial charge is 0.253 e. The number of rotatable bonds is 6. The van der Waals surface area contributed by atoms with Crippen LogP contribution in [0.5, 0.6) is 0 Å². The highest BCUT2D eigenvalue weighted by molar-refractivity contribution is 5.97. The molecule has 2 rings (SSSR count). The molecule has 0 spiro atoms. The van der Waals surface area contributed by atoms with Gasteiger partial charge in [-0.1, -0.05) is 26.8 Å². The molecule has 21 heavy (non-hydrogen) atoms. The van der Waals surface area contributed by atoms with Crippen LogP contribution in [0.25, 0.3) is 10.9 Å². The zero-order chi connectivity index (χ0) is 15.5. The van der Waals surface area contributed by atoms with Crippen molar-refractivity contribution < 1.29 is 4.79 Å². The van der Waals surface area contributed by atoms with Crippen molar-refractivity contribution in [2.45, 2.75) is 27.2 Å². The molecule has 1 aromatic carbocycles. The minimum Gasteiger partial charge on any atom is -0.338 e. The van der Waals surface area contributed by atoms with Crippen LogP contribution in [0.2, 0.25) is 0 Å². The molecular formula is C16H24N4O. The van der Waals surface area contributed by atoms with Crippen molar-refractivity contribution in [2.24, 2.45) is 11.1 Å². The van der Waals surface area contributed by atoms with E-state index in [4.69, 9.17) is 5.73 Å². The zero-order valence-electron chi connectivity index (χ0n) is 13.0. The molecule has 0 fully saturated rings. The van der Waals surface area contributed by atoms with E-state index in [0.29, 0.717) is 18.7 Å². The minimum absolute atomic E-state index is 0.0508. The number of benzene rings is 1. The van der Waals surface area contributed by atoms with Crippen molar-refractivity contribution >= 4 is 16.8 Å². The first kappa shape index (κ1) is 15.5. The summed E-state index contributed by atoms with van der Waals surface area (Å²) in [5, 5.41) is 7.90. The Morgan fingerprint density at radius 3 is 2.86 bits per heavy atom. The van der Waals surface area contributed by atoms with E-state index in [0.717, 1.165) is 23.9 Å². The van der Waals surface area contributed by atoms with Crippen LogP contribution in [0, 0.1) is 5.41 Å². The molecule has 1 aromatic heterocycles. The summed E-state index contributed by atoms with van der Waals surface area (Å²) in [5.41, 5.74) is 7.29. The van der Waals surface area contributed by atoms with Gasteiger partial charge in [0.1, 0.15) is 0 Å². The van der Waals surface area contributed by atoms with Crippen molar-refractivity contribution in [2.75, 3.05) is 19.6 Å². The molecule has 0 aliphatic carbocycles. The normalized spacial score (nSPS) is 11.8. The summed E-state index contributed by atoms with van der Waals surface area (Å²) in [6.45, 7) is 8.20. The monoisotopic (exact) mass is 288 g/mol. The molecule has 0 aliphatic heterocycles. The van der Waals surface area contributed by atoms with Crippen LogP contribution in [0.1, 0.15) is 37.6 Å². The molecule has 2 aromatic rings. The Balaban J connectivity index is 2.24. The van der Waals surface area contributed by atoms with E-state index in [2.05, 4.69) is 31.0 Å². The Hall–Kier alpha value is -1.88. The van der Waals surface area contributed by atoms with Gasteiger partial charge in [0.25, 0.3) is 5.91 Å². The Bertz CT molecular complexity index is 618. The number of aromatic nitrogens is 2. The van der Waals surface area contributed by atoms with Crippen LogP contribution in [0.3, 0.4) is 0 Å². The molecule has 3 N–H and O–H groups in total. The van der Waals surface area contributed by atoms with Crippen LogP contribution in [-0.2, 0) is 0 Å². The van der Waals surface area contributed by atoms with E-state index in [-0.39, 0.29) is 11.3 Å². The Kier molecular flexibility index (Phi) is 4.63. The molecule has 0 atom stereocenters. The summed E-state index contributed by atoms with van der Waals surface area (Å²) < 4.78 is 0. The number of nitrogens with two attached hydrogens (primary N) is 1. The van der Waals surface area contributed by atoms with E-state index in [1.807, 2.05) is 23.1 Å². The number of hydrogen-bond acceptors (Lipinski definition) is 3. The largest absolute Gasteiger partial charge is 0.338 e. The van der Waals surface area contributed by atoms with Gasteiger partial charge in [-0.15, -0.1) is 0 Å². The highest BCUT2D eigenvalue weighted by Crippen LogP contribution is 2.19. The molecule has 0 aliphatic rings. The second-order valence-electron chi connectivity index (χ2n) is 6.27. The van der Waals surface area contributed by atoms with Gasteiger partial charge in [-0.05, 0) is 30.5 Å². The van der Waals surface area contributed by atoms with Gasteiger partial charge in [-0.3, -0.25) is 9.89 Å². The average molecular weight is 288 g/mol. The number of nitrogens with zero attached hydrogens (tertiary/aromatic N) is 2. The molecule has 5 nitrogen and oxygen atoms in total.